The first-order chi connectivity index (χ1) is 10.1. The first kappa shape index (κ1) is 18.2. The summed E-state index contributed by atoms with van der Waals surface area (Å²) in [5, 5.41) is 15.3. The molecule has 0 heterocycles. The maximum atomic E-state index is 13.8. The van der Waals surface area contributed by atoms with E-state index in [1.165, 1.54) is 6.07 Å². The lowest BCUT2D eigenvalue weighted by molar-refractivity contribution is 0.0166. The summed E-state index contributed by atoms with van der Waals surface area (Å²) in [6.07, 6.45) is 0. The summed E-state index contributed by atoms with van der Waals surface area (Å²) < 4.78 is 13.8. The molecule has 6 heteroatoms. The standard InChI is InChI=1S/C16H26FN3O2/c1-11(2)16(3,22)10-19-15(21)18-9-12-6-7-14(20(4)5)13(17)8-12/h6-8,11,22H,9-10H2,1-5H3,(H2,18,19,21). The van der Waals surface area contributed by atoms with E-state index in [0.717, 1.165) is 0 Å². The Morgan fingerprint density at radius 3 is 2.50 bits per heavy atom. The number of carbonyl (C=O) groups excluding carboxylic acids is 1. The molecule has 1 aromatic rings. The number of halogens is 1. The van der Waals surface area contributed by atoms with Gasteiger partial charge >= 0.3 is 6.03 Å². The Kier molecular flexibility index (Phi) is 6.17. The molecule has 3 N–H and O–H groups in total. The van der Waals surface area contributed by atoms with Gasteiger partial charge in [0.1, 0.15) is 5.82 Å². The third-order valence-electron chi connectivity index (χ3n) is 3.80. The number of aliphatic hydroxyl groups is 1. The van der Waals surface area contributed by atoms with Gasteiger partial charge in [-0.25, -0.2) is 9.18 Å². The summed E-state index contributed by atoms with van der Waals surface area (Å²) in [6.45, 7) is 5.82. The summed E-state index contributed by atoms with van der Waals surface area (Å²) in [5.41, 5.74) is 0.214. The molecular weight excluding hydrogens is 285 g/mol. The van der Waals surface area contributed by atoms with Crippen molar-refractivity contribution < 1.29 is 14.3 Å². The molecule has 0 aliphatic carbocycles. The van der Waals surface area contributed by atoms with Crippen LogP contribution < -0.4 is 15.5 Å². The largest absolute Gasteiger partial charge is 0.388 e. The van der Waals surface area contributed by atoms with Crippen LogP contribution in [0.4, 0.5) is 14.9 Å². The van der Waals surface area contributed by atoms with Crippen LogP contribution in [0.25, 0.3) is 0 Å². The molecule has 1 unspecified atom stereocenters. The van der Waals surface area contributed by atoms with E-state index in [1.54, 1.807) is 38.1 Å². The number of rotatable bonds is 6. The van der Waals surface area contributed by atoms with Gasteiger partial charge in [-0.2, -0.15) is 0 Å². The van der Waals surface area contributed by atoms with Crippen molar-refractivity contribution in [2.45, 2.75) is 32.9 Å². The number of anilines is 1. The molecular formula is C16H26FN3O2. The molecule has 22 heavy (non-hydrogen) atoms. The minimum atomic E-state index is -0.962. The third kappa shape index (κ3) is 5.18. The monoisotopic (exact) mass is 311 g/mol. The van der Waals surface area contributed by atoms with Crippen LogP contribution in [0, 0.1) is 11.7 Å². The van der Waals surface area contributed by atoms with E-state index in [-0.39, 0.29) is 24.8 Å². The molecule has 5 nitrogen and oxygen atoms in total. The highest BCUT2D eigenvalue weighted by Crippen LogP contribution is 2.18. The van der Waals surface area contributed by atoms with Crippen molar-refractivity contribution in [3.05, 3.63) is 29.6 Å². The molecule has 0 bridgehead atoms. The zero-order valence-electron chi connectivity index (χ0n) is 13.9. The fourth-order valence-corrected chi connectivity index (χ4v) is 1.73. The fraction of sp³-hybridized carbons (Fsp3) is 0.562. The van der Waals surface area contributed by atoms with Gasteiger partial charge in [0.25, 0.3) is 0 Å². The molecule has 0 aliphatic rings. The van der Waals surface area contributed by atoms with Crippen LogP contribution in [-0.2, 0) is 6.54 Å². The van der Waals surface area contributed by atoms with Crippen molar-refractivity contribution >= 4 is 11.7 Å². The second kappa shape index (κ2) is 7.45. The molecule has 1 aromatic carbocycles. The molecule has 1 rings (SSSR count). The molecule has 1 atom stereocenters. The van der Waals surface area contributed by atoms with Crippen molar-refractivity contribution in [2.75, 3.05) is 25.5 Å². The second-order valence-corrected chi connectivity index (χ2v) is 6.23. The van der Waals surface area contributed by atoms with E-state index in [0.29, 0.717) is 11.3 Å². The Balaban J connectivity index is 2.50. The molecule has 2 amide bonds. The van der Waals surface area contributed by atoms with Crippen LogP contribution in [0.3, 0.4) is 0 Å². The highest BCUT2D eigenvalue weighted by Gasteiger charge is 2.25. The average molecular weight is 311 g/mol. The number of hydrogen-bond acceptors (Lipinski definition) is 3. The topological polar surface area (TPSA) is 64.6 Å². The minimum Gasteiger partial charge on any atom is -0.388 e. The molecule has 0 spiro atoms. The Hall–Kier alpha value is -1.82. The molecule has 0 fully saturated rings. The van der Waals surface area contributed by atoms with E-state index in [9.17, 15) is 14.3 Å². The van der Waals surface area contributed by atoms with Crippen LogP contribution in [0.1, 0.15) is 26.3 Å². The van der Waals surface area contributed by atoms with Gasteiger partial charge in [0.2, 0.25) is 0 Å². The minimum absolute atomic E-state index is 0.0282. The molecule has 0 saturated heterocycles. The van der Waals surface area contributed by atoms with Gasteiger partial charge in [-0.1, -0.05) is 19.9 Å². The van der Waals surface area contributed by atoms with Crippen molar-refractivity contribution in [1.29, 1.82) is 0 Å². The van der Waals surface area contributed by atoms with E-state index >= 15 is 0 Å². The van der Waals surface area contributed by atoms with Gasteiger partial charge in [-0.15, -0.1) is 0 Å². The second-order valence-electron chi connectivity index (χ2n) is 6.23. The van der Waals surface area contributed by atoms with Crippen LogP contribution >= 0.6 is 0 Å². The summed E-state index contributed by atoms with van der Waals surface area (Å²) in [5.74, 6) is -0.298. The third-order valence-corrected chi connectivity index (χ3v) is 3.80. The predicted molar refractivity (Wildman–Crippen MR) is 86.4 cm³/mol. The number of nitrogens with one attached hydrogen (secondary N) is 2. The van der Waals surface area contributed by atoms with E-state index in [4.69, 9.17) is 0 Å². The Bertz CT molecular complexity index is 516. The number of amides is 2. The van der Waals surface area contributed by atoms with Gasteiger partial charge in [0.05, 0.1) is 11.3 Å². The lowest BCUT2D eigenvalue weighted by Crippen LogP contribution is -2.47. The predicted octanol–water partition coefficient (Wildman–Crippen LogP) is 2.10. The van der Waals surface area contributed by atoms with Crippen molar-refractivity contribution in [2.24, 2.45) is 5.92 Å². The molecule has 0 saturated carbocycles. The number of hydrogen-bond donors (Lipinski definition) is 3. The Morgan fingerprint density at radius 2 is 2.00 bits per heavy atom. The van der Waals surface area contributed by atoms with Gasteiger partial charge in [0, 0.05) is 27.2 Å². The maximum absolute atomic E-state index is 13.8. The van der Waals surface area contributed by atoms with Gasteiger partial charge in [-0.05, 0) is 30.5 Å². The van der Waals surface area contributed by atoms with E-state index in [1.807, 2.05) is 13.8 Å². The number of carbonyl (C=O) groups is 1. The van der Waals surface area contributed by atoms with Crippen molar-refractivity contribution in [3.8, 4) is 0 Å². The average Bonchev–Trinajstić information content (AvgIpc) is 2.42. The highest BCUT2D eigenvalue weighted by atomic mass is 19.1. The van der Waals surface area contributed by atoms with Crippen LogP contribution in [0.2, 0.25) is 0 Å². The normalized spacial score (nSPS) is 13.6. The first-order valence-corrected chi connectivity index (χ1v) is 7.33. The fourth-order valence-electron chi connectivity index (χ4n) is 1.73. The molecule has 0 aliphatic heterocycles. The smallest absolute Gasteiger partial charge is 0.315 e. The number of benzene rings is 1. The zero-order chi connectivity index (χ0) is 16.9. The molecule has 0 radical (unpaired) electrons. The number of nitrogens with zero attached hydrogens (tertiary/aromatic N) is 1. The summed E-state index contributed by atoms with van der Waals surface area (Å²) in [4.78, 5) is 13.4. The Morgan fingerprint density at radius 1 is 1.36 bits per heavy atom. The Labute approximate surface area is 131 Å². The summed E-state index contributed by atoms with van der Waals surface area (Å²) in [6, 6.07) is 4.45. The molecule has 124 valence electrons. The van der Waals surface area contributed by atoms with Crippen molar-refractivity contribution in [3.63, 3.8) is 0 Å². The van der Waals surface area contributed by atoms with Gasteiger partial charge < -0.3 is 20.6 Å². The van der Waals surface area contributed by atoms with Crippen molar-refractivity contribution in [1.82, 2.24) is 10.6 Å². The van der Waals surface area contributed by atoms with Crippen LogP contribution in [-0.4, -0.2) is 37.4 Å². The van der Waals surface area contributed by atoms with E-state index in [2.05, 4.69) is 10.6 Å². The maximum Gasteiger partial charge on any atom is 0.315 e. The van der Waals surface area contributed by atoms with Crippen LogP contribution in [0.15, 0.2) is 18.2 Å². The number of urea groups is 1. The van der Waals surface area contributed by atoms with E-state index < -0.39 is 11.6 Å². The summed E-state index contributed by atoms with van der Waals surface area (Å²) in [7, 11) is 3.54. The SMILES string of the molecule is CC(C)C(C)(O)CNC(=O)NCc1ccc(N(C)C)c(F)c1. The lowest BCUT2D eigenvalue weighted by Gasteiger charge is -2.27. The molecule has 0 aromatic heterocycles. The first-order valence-electron chi connectivity index (χ1n) is 7.33. The zero-order valence-corrected chi connectivity index (χ0v) is 13.9. The van der Waals surface area contributed by atoms with Gasteiger partial charge in [0.15, 0.2) is 0 Å². The van der Waals surface area contributed by atoms with Gasteiger partial charge in [-0.3, -0.25) is 0 Å². The van der Waals surface area contributed by atoms with Crippen LogP contribution in [0.5, 0.6) is 0 Å². The summed E-state index contributed by atoms with van der Waals surface area (Å²) >= 11 is 0. The quantitative estimate of drug-likeness (QED) is 0.754. The highest BCUT2D eigenvalue weighted by molar-refractivity contribution is 5.73. The lowest BCUT2D eigenvalue weighted by atomic mass is 9.93.